The molecule has 128 valence electrons. The zero-order valence-electron chi connectivity index (χ0n) is 12.3. The van der Waals surface area contributed by atoms with Gasteiger partial charge in [0.2, 0.25) is 5.82 Å². The lowest BCUT2D eigenvalue weighted by atomic mass is 10.1. The van der Waals surface area contributed by atoms with Crippen molar-refractivity contribution in [1.29, 1.82) is 0 Å². The fraction of sp³-hybridized carbons (Fsp3) is 0.188. The first-order valence-electron chi connectivity index (χ1n) is 6.64. The van der Waals surface area contributed by atoms with Crippen molar-refractivity contribution in [2.24, 2.45) is 0 Å². The molecule has 0 aliphatic heterocycles. The maximum absolute atomic E-state index is 13.4. The summed E-state index contributed by atoms with van der Waals surface area (Å²) in [5, 5.41) is 0. The van der Waals surface area contributed by atoms with Gasteiger partial charge in [-0.3, -0.25) is 4.79 Å². The van der Waals surface area contributed by atoms with Gasteiger partial charge in [-0.2, -0.15) is 0 Å². The first-order chi connectivity index (χ1) is 11.3. The Morgan fingerprint density at radius 2 is 1.54 bits per heavy atom. The SMILES string of the molecule is COc1cccc(CC(=O)OCc2c(F)c(F)c(F)c(F)c2F)c1. The molecule has 0 bridgehead atoms. The van der Waals surface area contributed by atoms with Crippen LogP contribution in [0.2, 0.25) is 0 Å². The van der Waals surface area contributed by atoms with Crippen molar-refractivity contribution in [2.45, 2.75) is 13.0 Å². The molecule has 0 fully saturated rings. The lowest BCUT2D eigenvalue weighted by Gasteiger charge is -2.09. The van der Waals surface area contributed by atoms with E-state index in [-0.39, 0.29) is 6.42 Å². The minimum atomic E-state index is -2.27. The highest BCUT2D eigenvalue weighted by Gasteiger charge is 2.26. The zero-order chi connectivity index (χ0) is 17.9. The van der Waals surface area contributed by atoms with E-state index in [1.165, 1.54) is 7.11 Å². The van der Waals surface area contributed by atoms with Crippen LogP contribution in [0.15, 0.2) is 24.3 Å². The van der Waals surface area contributed by atoms with E-state index in [4.69, 9.17) is 4.74 Å². The zero-order valence-corrected chi connectivity index (χ0v) is 12.3. The second-order valence-electron chi connectivity index (χ2n) is 4.74. The molecule has 2 aromatic carbocycles. The van der Waals surface area contributed by atoms with Gasteiger partial charge in [0.1, 0.15) is 12.4 Å². The summed E-state index contributed by atoms with van der Waals surface area (Å²) in [4.78, 5) is 11.7. The number of halogens is 5. The van der Waals surface area contributed by atoms with E-state index in [1.54, 1.807) is 24.3 Å². The number of rotatable bonds is 5. The largest absolute Gasteiger partial charge is 0.497 e. The molecule has 24 heavy (non-hydrogen) atoms. The summed E-state index contributed by atoms with van der Waals surface area (Å²) < 4.78 is 75.5. The van der Waals surface area contributed by atoms with E-state index in [0.717, 1.165) is 0 Å². The van der Waals surface area contributed by atoms with Gasteiger partial charge in [0.05, 0.1) is 19.1 Å². The average Bonchev–Trinajstić information content (AvgIpc) is 2.58. The summed E-state index contributed by atoms with van der Waals surface area (Å²) in [6.45, 7) is -1.07. The highest BCUT2D eigenvalue weighted by molar-refractivity contribution is 5.72. The van der Waals surface area contributed by atoms with E-state index in [0.29, 0.717) is 11.3 Å². The molecule has 3 nitrogen and oxygen atoms in total. The highest BCUT2D eigenvalue weighted by atomic mass is 19.2. The van der Waals surface area contributed by atoms with E-state index < -0.39 is 47.2 Å². The number of hydrogen-bond acceptors (Lipinski definition) is 3. The van der Waals surface area contributed by atoms with Crippen LogP contribution in [0.3, 0.4) is 0 Å². The predicted octanol–water partition coefficient (Wildman–Crippen LogP) is 3.68. The van der Waals surface area contributed by atoms with Gasteiger partial charge in [0.25, 0.3) is 0 Å². The van der Waals surface area contributed by atoms with Crippen LogP contribution in [0, 0.1) is 29.1 Å². The maximum Gasteiger partial charge on any atom is 0.310 e. The van der Waals surface area contributed by atoms with Crippen LogP contribution >= 0.6 is 0 Å². The van der Waals surface area contributed by atoms with Crippen molar-refractivity contribution in [3.63, 3.8) is 0 Å². The monoisotopic (exact) mass is 346 g/mol. The molecule has 0 aliphatic rings. The molecule has 8 heteroatoms. The van der Waals surface area contributed by atoms with Crippen molar-refractivity contribution in [1.82, 2.24) is 0 Å². The summed E-state index contributed by atoms with van der Waals surface area (Å²) in [6, 6.07) is 6.39. The van der Waals surface area contributed by atoms with E-state index >= 15 is 0 Å². The molecule has 0 saturated heterocycles. The normalized spacial score (nSPS) is 10.6. The minimum absolute atomic E-state index is 0.257. The van der Waals surface area contributed by atoms with Crippen molar-refractivity contribution < 1.29 is 36.2 Å². The van der Waals surface area contributed by atoms with E-state index in [2.05, 4.69) is 4.74 Å². The van der Waals surface area contributed by atoms with Crippen LogP contribution in [-0.4, -0.2) is 13.1 Å². The number of carbonyl (C=O) groups excluding carboxylic acids is 1. The quantitative estimate of drug-likeness (QED) is 0.359. The standard InChI is InChI=1S/C16H11F5O3/c1-23-9-4-2-3-8(5-9)6-11(22)24-7-10-12(17)14(19)16(21)15(20)13(10)18/h2-5H,6-7H2,1H3. The summed E-state index contributed by atoms with van der Waals surface area (Å²) in [5.74, 6) is -10.9. The summed E-state index contributed by atoms with van der Waals surface area (Å²) in [6.07, 6.45) is -0.257. The van der Waals surface area contributed by atoms with E-state index in [9.17, 15) is 26.7 Å². The Kier molecular flexibility index (Phi) is 5.38. The van der Waals surface area contributed by atoms with Gasteiger partial charge in [-0.25, -0.2) is 22.0 Å². The number of esters is 1. The van der Waals surface area contributed by atoms with Crippen molar-refractivity contribution in [3.8, 4) is 5.75 Å². The topological polar surface area (TPSA) is 35.5 Å². The predicted molar refractivity (Wildman–Crippen MR) is 72.7 cm³/mol. The molecule has 0 heterocycles. The fourth-order valence-electron chi connectivity index (χ4n) is 1.93. The molecular weight excluding hydrogens is 335 g/mol. The van der Waals surface area contributed by atoms with Crippen molar-refractivity contribution in [3.05, 3.63) is 64.5 Å². The third-order valence-corrected chi connectivity index (χ3v) is 3.16. The average molecular weight is 346 g/mol. The fourth-order valence-corrected chi connectivity index (χ4v) is 1.93. The molecule has 0 aromatic heterocycles. The maximum atomic E-state index is 13.4. The molecule has 0 spiro atoms. The molecule has 0 amide bonds. The number of methoxy groups -OCH3 is 1. The van der Waals surface area contributed by atoms with Gasteiger partial charge < -0.3 is 9.47 Å². The van der Waals surface area contributed by atoms with E-state index in [1.807, 2.05) is 0 Å². The number of hydrogen-bond donors (Lipinski definition) is 0. The smallest absolute Gasteiger partial charge is 0.310 e. The molecule has 0 radical (unpaired) electrons. The Balaban J connectivity index is 2.09. The van der Waals surface area contributed by atoms with Crippen LogP contribution < -0.4 is 4.74 Å². The highest BCUT2D eigenvalue weighted by Crippen LogP contribution is 2.23. The lowest BCUT2D eigenvalue weighted by Crippen LogP contribution is -2.13. The number of carbonyl (C=O) groups is 1. The Morgan fingerprint density at radius 1 is 0.958 bits per heavy atom. The van der Waals surface area contributed by atoms with Gasteiger partial charge in [0, 0.05) is 0 Å². The van der Waals surface area contributed by atoms with Crippen molar-refractivity contribution in [2.75, 3.05) is 7.11 Å². The van der Waals surface area contributed by atoms with Gasteiger partial charge in [-0.1, -0.05) is 12.1 Å². The molecule has 0 N–H and O–H groups in total. The third-order valence-electron chi connectivity index (χ3n) is 3.16. The van der Waals surface area contributed by atoms with Gasteiger partial charge >= 0.3 is 5.97 Å². The molecule has 0 atom stereocenters. The van der Waals surface area contributed by atoms with Crippen LogP contribution in [0.5, 0.6) is 5.75 Å². The van der Waals surface area contributed by atoms with Gasteiger partial charge in [0.15, 0.2) is 23.3 Å². The van der Waals surface area contributed by atoms with Crippen molar-refractivity contribution >= 4 is 5.97 Å². The Labute approximate surface area is 133 Å². The Morgan fingerprint density at radius 3 is 2.12 bits per heavy atom. The lowest BCUT2D eigenvalue weighted by molar-refractivity contribution is -0.144. The summed E-state index contributed by atoms with van der Waals surface area (Å²) >= 11 is 0. The van der Waals surface area contributed by atoms with Crippen LogP contribution in [-0.2, 0) is 22.6 Å². The van der Waals surface area contributed by atoms with Crippen LogP contribution in [0.4, 0.5) is 22.0 Å². The first kappa shape index (κ1) is 17.7. The third kappa shape index (κ3) is 3.64. The van der Waals surface area contributed by atoms with Crippen LogP contribution in [0.25, 0.3) is 0 Å². The molecule has 0 aliphatic carbocycles. The molecule has 2 rings (SSSR count). The molecule has 2 aromatic rings. The molecule has 0 unspecified atom stereocenters. The van der Waals surface area contributed by atoms with Crippen LogP contribution in [0.1, 0.15) is 11.1 Å². The molecular formula is C16H11F5O3. The second kappa shape index (κ2) is 7.29. The minimum Gasteiger partial charge on any atom is -0.497 e. The Hall–Kier alpha value is -2.64. The molecule has 0 saturated carbocycles. The second-order valence-corrected chi connectivity index (χ2v) is 4.74. The summed E-state index contributed by atoms with van der Waals surface area (Å²) in [7, 11) is 1.43. The Bertz CT molecular complexity index is 748. The number of benzene rings is 2. The number of ether oxygens (including phenoxy) is 2. The van der Waals surface area contributed by atoms with Gasteiger partial charge in [-0.15, -0.1) is 0 Å². The first-order valence-corrected chi connectivity index (χ1v) is 6.64. The summed E-state index contributed by atoms with van der Waals surface area (Å²) in [5.41, 5.74) is -0.706. The van der Waals surface area contributed by atoms with Gasteiger partial charge in [-0.05, 0) is 17.7 Å².